The molecule has 0 fully saturated rings. The molecule has 7 heteroatoms. The summed E-state index contributed by atoms with van der Waals surface area (Å²) in [5.41, 5.74) is 1.57. The number of methoxy groups -OCH3 is 1. The number of benzene rings is 1. The van der Waals surface area contributed by atoms with E-state index in [1.807, 2.05) is 43.3 Å². The number of carbonyl (C=O) groups is 2. The number of hydrogen-bond donors (Lipinski definition) is 2. The molecule has 0 bridgehead atoms. The first kappa shape index (κ1) is 19.4. The Bertz CT molecular complexity index is 745. The summed E-state index contributed by atoms with van der Waals surface area (Å²) in [5.74, 6) is 0.210. The smallest absolute Gasteiger partial charge is 0.269 e. The van der Waals surface area contributed by atoms with Crippen LogP contribution in [-0.2, 0) is 6.54 Å². The summed E-state index contributed by atoms with van der Waals surface area (Å²) >= 11 is 0. The van der Waals surface area contributed by atoms with Crippen LogP contribution in [0.4, 0.5) is 0 Å². The van der Waals surface area contributed by atoms with E-state index >= 15 is 0 Å². The number of ether oxygens (including phenoxy) is 1. The molecular weight excluding hydrogens is 332 g/mol. The van der Waals surface area contributed by atoms with Crippen molar-refractivity contribution >= 4 is 11.8 Å². The third-order valence-electron chi connectivity index (χ3n) is 3.71. The van der Waals surface area contributed by atoms with Crippen LogP contribution in [0.2, 0.25) is 0 Å². The van der Waals surface area contributed by atoms with Gasteiger partial charge in [-0.25, -0.2) is 0 Å². The van der Waals surface area contributed by atoms with Crippen molar-refractivity contribution in [1.29, 1.82) is 0 Å². The summed E-state index contributed by atoms with van der Waals surface area (Å²) in [6, 6.07) is 10.5. The Kier molecular flexibility index (Phi) is 7.11. The Balaban J connectivity index is 1.93. The van der Waals surface area contributed by atoms with Crippen LogP contribution >= 0.6 is 0 Å². The zero-order valence-corrected chi connectivity index (χ0v) is 15.3. The average molecular weight is 356 g/mol. The van der Waals surface area contributed by atoms with Gasteiger partial charge < -0.3 is 20.3 Å². The Morgan fingerprint density at radius 1 is 1.08 bits per heavy atom. The molecule has 2 aromatic rings. The Labute approximate surface area is 153 Å². The van der Waals surface area contributed by atoms with Crippen LogP contribution in [0.1, 0.15) is 26.4 Å². The third kappa shape index (κ3) is 5.86. The summed E-state index contributed by atoms with van der Waals surface area (Å²) < 4.78 is 5.11. The molecule has 138 valence electrons. The minimum absolute atomic E-state index is 0.223. The van der Waals surface area contributed by atoms with E-state index < -0.39 is 0 Å². The van der Waals surface area contributed by atoms with Crippen molar-refractivity contribution in [2.24, 2.45) is 0 Å². The van der Waals surface area contributed by atoms with Gasteiger partial charge in [0.2, 0.25) is 0 Å². The Hall–Kier alpha value is -2.93. The molecule has 2 amide bonds. The molecule has 0 aliphatic carbocycles. The number of nitrogens with one attached hydrogen (secondary N) is 2. The molecule has 2 N–H and O–H groups in total. The molecule has 26 heavy (non-hydrogen) atoms. The lowest BCUT2D eigenvalue weighted by Gasteiger charge is -2.10. The van der Waals surface area contributed by atoms with Gasteiger partial charge in [0.25, 0.3) is 11.8 Å². The van der Waals surface area contributed by atoms with Crippen molar-refractivity contribution in [3.05, 3.63) is 59.4 Å². The normalized spacial score (nSPS) is 10.5. The van der Waals surface area contributed by atoms with Crippen LogP contribution in [0.15, 0.2) is 42.6 Å². The number of amides is 2. The molecule has 0 unspecified atom stereocenters. The minimum Gasteiger partial charge on any atom is -0.497 e. The quantitative estimate of drug-likeness (QED) is 0.745. The second kappa shape index (κ2) is 9.53. The van der Waals surface area contributed by atoms with Crippen LogP contribution in [0.5, 0.6) is 5.75 Å². The van der Waals surface area contributed by atoms with Gasteiger partial charge in [0.15, 0.2) is 0 Å². The van der Waals surface area contributed by atoms with Crippen LogP contribution < -0.4 is 15.4 Å². The first-order valence-electron chi connectivity index (χ1n) is 8.29. The van der Waals surface area contributed by atoms with E-state index in [4.69, 9.17) is 4.74 Å². The highest BCUT2D eigenvalue weighted by Gasteiger charge is 2.11. The maximum absolute atomic E-state index is 12.3. The predicted molar refractivity (Wildman–Crippen MR) is 99.3 cm³/mol. The predicted octanol–water partition coefficient (Wildman–Crippen LogP) is 1.31. The molecule has 1 heterocycles. The number of aromatic nitrogens is 1. The zero-order valence-electron chi connectivity index (χ0n) is 15.3. The second-order valence-electron chi connectivity index (χ2n) is 6.02. The fourth-order valence-corrected chi connectivity index (χ4v) is 2.21. The van der Waals surface area contributed by atoms with E-state index in [0.29, 0.717) is 18.7 Å². The van der Waals surface area contributed by atoms with E-state index in [1.54, 1.807) is 13.2 Å². The van der Waals surface area contributed by atoms with Gasteiger partial charge in [0, 0.05) is 31.4 Å². The van der Waals surface area contributed by atoms with Crippen molar-refractivity contribution in [3.63, 3.8) is 0 Å². The summed E-state index contributed by atoms with van der Waals surface area (Å²) in [6.07, 6.45) is 1.46. The molecule has 1 aromatic heterocycles. The Morgan fingerprint density at radius 2 is 1.81 bits per heavy atom. The van der Waals surface area contributed by atoms with Crippen molar-refractivity contribution in [2.75, 3.05) is 34.3 Å². The Morgan fingerprint density at radius 3 is 2.46 bits per heavy atom. The highest BCUT2D eigenvalue weighted by molar-refractivity contribution is 5.98. The second-order valence-corrected chi connectivity index (χ2v) is 6.02. The zero-order chi connectivity index (χ0) is 18.9. The highest BCUT2D eigenvalue weighted by Crippen LogP contribution is 2.11. The first-order chi connectivity index (χ1) is 12.5. The third-order valence-corrected chi connectivity index (χ3v) is 3.71. The SMILES string of the molecule is COc1ccc(CNC(=O)c2ccnc(C(=O)NCCN(C)C)c2)cc1. The van der Waals surface area contributed by atoms with E-state index in [2.05, 4.69) is 15.6 Å². The van der Waals surface area contributed by atoms with Crippen molar-refractivity contribution in [2.45, 2.75) is 6.54 Å². The number of carbonyl (C=O) groups excluding carboxylic acids is 2. The molecule has 0 saturated heterocycles. The van der Waals surface area contributed by atoms with E-state index in [9.17, 15) is 9.59 Å². The molecule has 1 aromatic carbocycles. The summed E-state index contributed by atoms with van der Waals surface area (Å²) in [6.45, 7) is 1.63. The van der Waals surface area contributed by atoms with E-state index in [1.165, 1.54) is 12.3 Å². The summed E-state index contributed by atoms with van der Waals surface area (Å²) in [5, 5.41) is 5.61. The minimum atomic E-state index is -0.295. The monoisotopic (exact) mass is 356 g/mol. The van der Waals surface area contributed by atoms with Gasteiger partial charge in [0.1, 0.15) is 11.4 Å². The van der Waals surface area contributed by atoms with E-state index in [-0.39, 0.29) is 17.5 Å². The first-order valence-corrected chi connectivity index (χ1v) is 8.29. The molecule has 0 atom stereocenters. The molecule has 0 aliphatic heterocycles. The number of pyridine rings is 1. The van der Waals surface area contributed by atoms with Gasteiger partial charge in [-0.05, 0) is 43.9 Å². The van der Waals surface area contributed by atoms with Gasteiger partial charge in [0.05, 0.1) is 7.11 Å². The number of hydrogen-bond acceptors (Lipinski definition) is 5. The molecule has 0 spiro atoms. The van der Waals surface area contributed by atoms with Gasteiger partial charge >= 0.3 is 0 Å². The number of rotatable bonds is 8. The topological polar surface area (TPSA) is 83.6 Å². The molecule has 0 aliphatic rings. The van der Waals surface area contributed by atoms with Gasteiger partial charge in [-0.15, -0.1) is 0 Å². The van der Waals surface area contributed by atoms with Crippen LogP contribution in [-0.4, -0.2) is 56.0 Å². The largest absolute Gasteiger partial charge is 0.497 e. The maximum atomic E-state index is 12.3. The fourth-order valence-electron chi connectivity index (χ4n) is 2.21. The highest BCUT2D eigenvalue weighted by atomic mass is 16.5. The van der Waals surface area contributed by atoms with Gasteiger partial charge in [-0.2, -0.15) is 0 Å². The van der Waals surface area contributed by atoms with Crippen molar-refractivity contribution in [1.82, 2.24) is 20.5 Å². The lowest BCUT2D eigenvalue weighted by Crippen LogP contribution is -2.32. The lowest BCUT2D eigenvalue weighted by molar-refractivity contribution is 0.0946. The number of likely N-dealkylation sites (N-methyl/N-ethyl adjacent to an activating group) is 1. The molecular formula is C19H24N4O3. The van der Waals surface area contributed by atoms with Crippen molar-refractivity contribution < 1.29 is 14.3 Å². The number of nitrogens with zero attached hydrogens (tertiary/aromatic N) is 2. The van der Waals surface area contributed by atoms with Crippen LogP contribution in [0, 0.1) is 0 Å². The van der Waals surface area contributed by atoms with E-state index in [0.717, 1.165) is 17.9 Å². The van der Waals surface area contributed by atoms with Crippen LogP contribution in [0.25, 0.3) is 0 Å². The molecule has 0 radical (unpaired) electrons. The van der Waals surface area contributed by atoms with Crippen molar-refractivity contribution in [3.8, 4) is 5.75 Å². The molecule has 0 saturated carbocycles. The standard InChI is InChI=1S/C19H24N4O3/c1-23(2)11-10-21-19(25)17-12-15(8-9-20-17)18(24)22-13-14-4-6-16(26-3)7-5-14/h4-9,12H,10-11,13H2,1-3H3,(H,21,25)(H,22,24). The molecule has 2 rings (SSSR count). The fraction of sp³-hybridized carbons (Fsp3) is 0.316. The summed E-state index contributed by atoms with van der Waals surface area (Å²) in [4.78, 5) is 30.4. The summed E-state index contributed by atoms with van der Waals surface area (Å²) in [7, 11) is 5.46. The maximum Gasteiger partial charge on any atom is 0.269 e. The van der Waals surface area contributed by atoms with Gasteiger partial charge in [-0.3, -0.25) is 14.6 Å². The van der Waals surface area contributed by atoms with Gasteiger partial charge in [-0.1, -0.05) is 12.1 Å². The average Bonchev–Trinajstić information content (AvgIpc) is 2.66. The lowest BCUT2D eigenvalue weighted by atomic mass is 10.2. The molecule has 7 nitrogen and oxygen atoms in total. The van der Waals surface area contributed by atoms with Crippen LogP contribution in [0.3, 0.4) is 0 Å².